The molecule has 2 amide bonds. The molecule has 8 nitrogen and oxygen atoms in total. The van der Waals surface area contributed by atoms with Crippen LogP contribution in [-0.2, 0) is 0 Å². The van der Waals surface area contributed by atoms with E-state index in [4.69, 9.17) is 10.5 Å². The third-order valence-corrected chi connectivity index (χ3v) is 5.22. The van der Waals surface area contributed by atoms with Gasteiger partial charge in [0.15, 0.2) is 0 Å². The molecule has 5 rings (SSSR count). The monoisotopic (exact) mass is 449 g/mol. The zero-order valence-electron chi connectivity index (χ0n) is 17.9. The second kappa shape index (κ2) is 8.87. The number of ether oxygens (including phenoxy) is 1. The average Bonchev–Trinajstić information content (AvgIpc) is 3.33. The molecule has 0 aliphatic heterocycles. The standard InChI is InChI=1S/C26H19N5O3/c27-24(32)20-7-4-8-21(26(33)31-18-13-16-11-12-28-25(16)30-15-18)23(20)17-9-10-22(29-14-17)34-19-5-2-1-3-6-19/h1-15H,(H2,27,32)(H,28,30)(H,31,33). The van der Waals surface area contributed by atoms with E-state index in [1.165, 1.54) is 0 Å². The van der Waals surface area contributed by atoms with Gasteiger partial charge in [-0.2, -0.15) is 0 Å². The number of amides is 2. The molecule has 8 heteroatoms. The molecule has 0 fully saturated rings. The number of primary amides is 1. The summed E-state index contributed by atoms with van der Waals surface area (Å²) in [6.45, 7) is 0. The summed E-state index contributed by atoms with van der Waals surface area (Å²) in [5.41, 5.74) is 8.31. The van der Waals surface area contributed by atoms with E-state index >= 15 is 0 Å². The lowest BCUT2D eigenvalue weighted by molar-refractivity contribution is 0.100. The van der Waals surface area contributed by atoms with Crippen molar-refractivity contribution in [2.45, 2.75) is 0 Å². The molecule has 5 aromatic rings. The number of aromatic nitrogens is 3. The number of aromatic amines is 1. The van der Waals surface area contributed by atoms with Crippen LogP contribution in [0.3, 0.4) is 0 Å². The van der Waals surface area contributed by atoms with Crippen LogP contribution in [-0.4, -0.2) is 26.8 Å². The number of H-pyrrole nitrogens is 1. The molecule has 2 aromatic carbocycles. The highest BCUT2D eigenvalue weighted by Gasteiger charge is 2.20. The van der Waals surface area contributed by atoms with Gasteiger partial charge in [0, 0.05) is 46.1 Å². The minimum Gasteiger partial charge on any atom is -0.439 e. The first-order valence-electron chi connectivity index (χ1n) is 10.4. The van der Waals surface area contributed by atoms with Gasteiger partial charge in [0.25, 0.3) is 5.91 Å². The van der Waals surface area contributed by atoms with E-state index < -0.39 is 11.8 Å². The van der Waals surface area contributed by atoms with Crippen LogP contribution < -0.4 is 15.8 Å². The zero-order valence-corrected chi connectivity index (χ0v) is 17.9. The number of fused-ring (bicyclic) bond motifs is 1. The molecule has 0 saturated carbocycles. The average molecular weight is 449 g/mol. The van der Waals surface area contributed by atoms with Crippen LogP contribution in [0.25, 0.3) is 22.2 Å². The summed E-state index contributed by atoms with van der Waals surface area (Å²) < 4.78 is 5.74. The Bertz CT molecular complexity index is 1490. The number of anilines is 1. The lowest BCUT2D eigenvalue weighted by Gasteiger charge is -2.14. The highest BCUT2D eigenvalue weighted by atomic mass is 16.5. The molecule has 3 heterocycles. The van der Waals surface area contributed by atoms with Crippen molar-refractivity contribution in [2.75, 3.05) is 5.32 Å². The minimum absolute atomic E-state index is 0.213. The van der Waals surface area contributed by atoms with Gasteiger partial charge in [-0.15, -0.1) is 0 Å². The maximum absolute atomic E-state index is 13.2. The second-order valence-corrected chi connectivity index (χ2v) is 7.49. The van der Waals surface area contributed by atoms with Gasteiger partial charge in [0.1, 0.15) is 11.4 Å². The Kier molecular flexibility index (Phi) is 5.45. The molecule has 0 unspecified atom stereocenters. The van der Waals surface area contributed by atoms with Crippen LogP contribution in [0.4, 0.5) is 5.69 Å². The third-order valence-electron chi connectivity index (χ3n) is 5.22. The lowest BCUT2D eigenvalue weighted by Crippen LogP contribution is -2.18. The van der Waals surface area contributed by atoms with Crippen molar-refractivity contribution in [1.29, 1.82) is 0 Å². The summed E-state index contributed by atoms with van der Waals surface area (Å²) in [7, 11) is 0. The number of carbonyl (C=O) groups is 2. The number of rotatable bonds is 6. The predicted molar refractivity (Wildman–Crippen MR) is 129 cm³/mol. The summed E-state index contributed by atoms with van der Waals surface area (Å²) >= 11 is 0. The van der Waals surface area contributed by atoms with Crippen molar-refractivity contribution in [3.8, 4) is 22.8 Å². The van der Waals surface area contributed by atoms with Crippen molar-refractivity contribution >= 4 is 28.5 Å². The molecule has 0 radical (unpaired) electrons. The third kappa shape index (κ3) is 4.20. The number of nitrogens with zero attached hydrogens (tertiary/aromatic N) is 2. The fraction of sp³-hybridized carbons (Fsp3) is 0. The molecule has 0 bridgehead atoms. The summed E-state index contributed by atoms with van der Waals surface area (Å²) in [4.78, 5) is 37.1. The number of hydrogen-bond donors (Lipinski definition) is 3. The van der Waals surface area contributed by atoms with Crippen molar-refractivity contribution in [3.05, 3.63) is 103 Å². The van der Waals surface area contributed by atoms with Gasteiger partial charge in [-0.1, -0.05) is 24.3 Å². The first-order valence-corrected chi connectivity index (χ1v) is 10.4. The summed E-state index contributed by atoms with van der Waals surface area (Å²) in [6.07, 6.45) is 4.88. The molecule has 0 spiro atoms. The molecule has 3 aromatic heterocycles. The Hall–Kier alpha value is -4.98. The van der Waals surface area contributed by atoms with E-state index in [0.717, 1.165) is 11.0 Å². The molecule has 166 valence electrons. The maximum Gasteiger partial charge on any atom is 0.256 e. The molecular formula is C26H19N5O3. The highest BCUT2D eigenvalue weighted by molar-refractivity contribution is 6.13. The molecular weight excluding hydrogens is 430 g/mol. The first-order chi connectivity index (χ1) is 16.6. The van der Waals surface area contributed by atoms with Crippen LogP contribution in [0.5, 0.6) is 11.6 Å². The Morgan fingerprint density at radius 2 is 1.71 bits per heavy atom. The van der Waals surface area contributed by atoms with Crippen LogP contribution in [0.15, 0.2) is 91.4 Å². The van der Waals surface area contributed by atoms with E-state index in [1.54, 1.807) is 48.9 Å². The smallest absolute Gasteiger partial charge is 0.256 e. The molecule has 0 atom stereocenters. The van der Waals surface area contributed by atoms with Gasteiger partial charge >= 0.3 is 0 Å². The number of nitrogens with one attached hydrogen (secondary N) is 2. The second-order valence-electron chi connectivity index (χ2n) is 7.49. The fourth-order valence-corrected chi connectivity index (χ4v) is 3.66. The number of pyridine rings is 2. The Morgan fingerprint density at radius 1 is 0.882 bits per heavy atom. The van der Waals surface area contributed by atoms with Gasteiger partial charge in [-0.3, -0.25) is 9.59 Å². The number of hydrogen-bond acceptors (Lipinski definition) is 5. The van der Waals surface area contributed by atoms with Crippen molar-refractivity contribution in [1.82, 2.24) is 15.0 Å². The van der Waals surface area contributed by atoms with Crippen LogP contribution in [0.1, 0.15) is 20.7 Å². The SMILES string of the molecule is NC(=O)c1cccc(C(=O)Nc2cnc3[nH]ccc3c2)c1-c1ccc(Oc2ccccc2)nc1. The van der Waals surface area contributed by atoms with Gasteiger partial charge < -0.3 is 20.8 Å². The quantitative estimate of drug-likeness (QED) is 0.345. The zero-order chi connectivity index (χ0) is 23.5. The van der Waals surface area contributed by atoms with Crippen LogP contribution in [0, 0.1) is 0 Å². The van der Waals surface area contributed by atoms with Gasteiger partial charge in [-0.05, 0) is 42.5 Å². The number of benzene rings is 2. The van der Waals surface area contributed by atoms with Gasteiger partial charge in [-0.25, -0.2) is 9.97 Å². The van der Waals surface area contributed by atoms with Gasteiger partial charge in [0.05, 0.1) is 11.9 Å². The lowest BCUT2D eigenvalue weighted by atomic mass is 9.94. The number of nitrogens with two attached hydrogens (primary N) is 1. The normalized spacial score (nSPS) is 10.7. The van der Waals surface area contributed by atoms with E-state index in [2.05, 4.69) is 20.3 Å². The Morgan fingerprint density at radius 3 is 2.47 bits per heavy atom. The number of para-hydroxylation sites is 1. The fourth-order valence-electron chi connectivity index (χ4n) is 3.66. The maximum atomic E-state index is 13.2. The summed E-state index contributed by atoms with van der Waals surface area (Å²) in [5, 5.41) is 3.71. The summed E-state index contributed by atoms with van der Waals surface area (Å²) in [6, 6.07) is 21.2. The van der Waals surface area contributed by atoms with E-state index in [-0.39, 0.29) is 11.1 Å². The molecule has 0 aliphatic carbocycles. The van der Waals surface area contributed by atoms with E-state index in [0.29, 0.717) is 28.4 Å². The Labute approximate surface area is 194 Å². The Balaban J connectivity index is 1.48. The van der Waals surface area contributed by atoms with Gasteiger partial charge in [0.2, 0.25) is 11.8 Å². The molecule has 34 heavy (non-hydrogen) atoms. The topological polar surface area (TPSA) is 123 Å². The minimum atomic E-state index is -0.648. The van der Waals surface area contributed by atoms with Crippen LogP contribution >= 0.6 is 0 Å². The van der Waals surface area contributed by atoms with Crippen molar-refractivity contribution < 1.29 is 14.3 Å². The highest BCUT2D eigenvalue weighted by Crippen LogP contribution is 2.30. The largest absolute Gasteiger partial charge is 0.439 e. The molecule has 4 N–H and O–H groups in total. The molecule has 0 aliphatic rings. The van der Waals surface area contributed by atoms with Crippen molar-refractivity contribution in [3.63, 3.8) is 0 Å². The van der Waals surface area contributed by atoms with Crippen molar-refractivity contribution in [2.24, 2.45) is 5.73 Å². The number of carbonyl (C=O) groups excluding carboxylic acids is 2. The molecule has 0 saturated heterocycles. The summed E-state index contributed by atoms with van der Waals surface area (Å²) in [5.74, 6) is -0.0270. The van der Waals surface area contributed by atoms with E-state index in [9.17, 15) is 9.59 Å². The predicted octanol–water partition coefficient (Wildman–Crippen LogP) is 4.77. The van der Waals surface area contributed by atoms with E-state index in [1.807, 2.05) is 42.5 Å². The first kappa shape index (κ1) is 20.9. The van der Waals surface area contributed by atoms with Crippen LogP contribution in [0.2, 0.25) is 0 Å².